The van der Waals surface area contributed by atoms with Crippen molar-refractivity contribution in [1.82, 2.24) is 20.4 Å². The van der Waals surface area contributed by atoms with Gasteiger partial charge in [-0.25, -0.2) is 9.59 Å². The molecule has 2 aliphatic carbocycles. The molecule has 1 aliphatic heterocycles. The van der Waals surface area contributed by atoms with Crippen molar-refractivity contribution < 1.29 is 23.9 Å². The van der Waals surface area contributed by atoms with E-state index < -0.39 is 23.8 Å². The van der Waals surface area contributed by atoms with Crippen molar-refractivity contribution in [2.75, 3.05) is 26.7 Å². The Bertz CT molecular complexity index is 1120. The molecule has 3 aliphatic rings. The number of carbonyl (C=O) groups is 4. The second-order valence-corrected chi connectivity index (χ2v) is 8.43. The highest BCUT2D eigenvalue weighted by Crippen LogP contribution is 2.45. The van der Waals surface area contributed by atoms with Crippen molar-refractivity contribution >= 4 is 23.8 Å². The van der Waals surface area contributed by atoms with Crippen LogP contribution in [0.15, 0.2) is 53.6 Å². The van der Waals surface area contributed by atoms with E-state index in [0.29, 0.717) is 24.0 Å². The summed E-state index contributed by atoms with van der Waals surface area (Å²) in [7, 11) is 1.47. The third kappa shape index (κ3) is 4.37. The molecule has 176 valence electrons. The molecule has 10 nitrogen and oxygen atoms in total. The maximum absolute atomic E-state index is 13.0. The summed E-state index contributed by atoms with van der Waals surface area (Å²) in [6.07, 6.45) is 3.50. The van der Waals surface area contributed by atoms with Crippen molar-refractivity contribution in [1.29, 1.82) is 5.26 Å². The fourth-order valence-corrected chi connectivity index (χ4v) is 4.59. The van der Waals surface area contributed by atoms with Gasteiger partial charge in [0.05, 0.1) is 12.6 Å². The molecule has 4 amide bonds. The zero-order chi connectivity index (χ0) is 24.3. The van der Waals surface area contributed by atoms with Crippen LogP contribution in [0.2, 0.25) is 0 Å². The zero-order valence-corrected chi connectivity index (χ0v) is 18.7. The van der Waals surface area contributed by atoms with Crippen LogP contribution in [0.1, 0.15) is 18.4 Å². The Hall–Kier alpha value is -4.13. The van der Waals surface area contributed by atoms with Crippen molar-refractivity contribution in [2.45, 2.75) is 31.0 Å². The molecule has 0 radical (unpaired) electrons. The van der Waals surface area contributed by atoms with Gasteiger partial charge in [-0.2, -0.15) is 5.26 Å². The molecule has 0 aromatic heterocycles. The monoisotopic (exact) mass is 463 g/mol. The van der Waals surface area contributed by atoms with E-state index in [-0.39, 0.29) is 37.9 Å². The number of hydrogen-bond acceptors (Lipinski definition) is 6. The van der Waals surface area contributed by atoms with Gasteiger partial charge in [0.25, 0.3) is 0 Å². The minimum atomic E-state index is -1.00. The number of hydrogen-bond donors (Lipinski definition) is 2. The van der Waals surface area contributed by atoms with Gasteiger partial charge in [0.1, 0.15) is 19.1 Å². The predicted molar refractivity (Wildman–Crippen MR) is 120 cm³/mol. The fraction of sp³-hybridized carbons (Fsp3) is 0.375. The fourth-order valence-electron chi connectivity index (χ4n) is 4.59. The first-order valence-electron chi connectivity index (χ1n) is 11.0. The summed E-state index contributed by atoms with van der Waals surface area (Å²) in [6.45, 7) is 0.0606. The van der Waals surface area contributed by atoms with Gasteiger partial charge in [-0.15, -0.1) is 0 Å². The Morgan fingerprint density at radius 2 is 2.06 bits per heavy atom. The first kappa shape index (κ1) is 23.0. The van der Waals surface area contributed by atoms with Gasteiger partial charge in [-0.3, -0.25) is 14.5 Å². The minimum Gasteiger partial charge on any atom is -0.436 e. The maximum atomic E-state index is 13.0. The quantitative estimate of drug-likeness (QED) is 0.611. The summed E-state index contributed by atoms with van der Waals surface area (Å²) < 4.78 is 5.73. The number of rotatable bonds is 6. The summed E-state index contributed by atoms with van der Waals surface area (Å²) >= 11 is 0. The van der Waals surface area contributed by atoms with E-state index in [4.69, 9.17) is 10.00 Å². The van der Waals surface area contributed by atoms with Gasteiger partial charge in [-0.1, -0.05) is 42.5 Å². The second-order valence-electron chi connectivity index (χ2n) is 8.43. The van der Waals surface area contributed by atoms with Gasteiger partial charge in [-0.05, 0) is 18.4 Å². The van der Waals surface area contributed by atoms with Crippen LogP contribution in [0.3, 0.4) is 0 Å². The molecule has 1 heterocycles. The van der Waals surface area contributed by atoms with Gasteiger partial charge in [0, 0.05) is 24.7 Å². The summed E-state index contributed by atoms with van der Waals surface area (Å²) in [6, 6.07) is 10.1. The number of nitrogens with one attached hydrogen (secondary N) is 2. The van der Waals surface area contributed by atoms with E-state index in [0.717, 1.165) is 5.56 Å². The number of ketones is 1. The number of carbonyl (C=O) groups excluding carboxylic acids is 4. The minimum absolute atomic E-state index is 0.103. The van der Waals surface area contributed by atoms with Gasteiger partial charge >= 0.3 is 12.1 Å². The van der Waals surface area contributed by atoms with Gasteiger partial charge < -0.3 is 20.3 Å². The summed E-state index contributed by atoms with van der Waals surface area (Å²) in [5.74, 6) is -0.594. The number of urea groups is 1. The molecule has 4 rings (SSSR count). The molecule has 1 spiro atoms. The lowest BCUT2D eigenvalue weighted by atomic mass is 9.89. The third-order valence-corrected chi connectivity index (χ3v) is 6.29. The highest BCUT2D eigenvalue weighted by Gasteiger charge is 2.53. The van der Waals surface area contributed by atoms with Crippen molar-refractivity contribution in [3.63, 3.8) is 0 Å². The lowest BCUT2D eigenvalue weighted by Crippen LogP contribution is -2.45. The molecule has 2 N–H and O–H groups in total. The molecular weight excluding hydrogens is 438 g/mol. The third-order valence-electron chi connectivity index (χ3n) is 6.29. The Labute approximate surface area is 196 Å². The van der Waals surface area contributed by atoms with Crippen LogP contribution >= 0.6 is 0 Å². The van der Waals surface area contributed by atoms with E-state index in [1.54, 1.807) is 12.2 Å². The van der Waals surface area contributed by atoms with E-state index in [1.807, 2.05) is 36.4 Å². The zero-order valence-electron chi connectivity index (χ0n) is 18.7. The second kappa shape index (κ2) is 9.39. The van der Waals surface area contributed by atoms with Crippen LogP contribution in [-0.4, -0.2) is 71.9 Å². The topological polar surface area (TPSA) is 132 Å². The van der Waals surface area contributed by atoms with Gasteiger partial charge in [0.2, 0.25) is 5.91 Å². The van der Waals surface area contributed by atoms with Crippen LogP contribution in [-0.2, 0) is 20.9 Å². The molecule has 1 unspecified atom stereocenters. The molecule has 1 aromatic rings. The highest BCUT2D eigenvalue weighted by molar-refractivity contribution is 6.05. The maximum Gasteiger partial charge on any atom is 0.411 e. The SMILES string of the molecule is CNC(=O)NC1C=CC2=C(CC[C@]23CN(CC(=O)N(CC#N)Cc2ccccc2)C(=O)O3)C1=O. The van der Waals surface area contributed by atoms with Crippen molar-refractivity contribution in [3.05, 3.63) is 59.2 Å². The molecule has 2 atom stereocenters. The molecule has 0 saturated carbocycles. The normalized spacial score (nSPS) is 22.9. The molecule has 34 heavy (non-hydrogen) atoms. The van der Waals surface area contributed by atoms with Crippen LogP contribution in [0.25, 0.3) is 0 Å². The number of nitrogens with zero attached hydrogens (tertiary/aromatic N) is 3. The average molecular weight is 463 g/mol. The Morgan fingerprint density at radius 1 is 1.29 bits per heavy atom. The Kier molecular flexibility index (Phi) is 6.36. The number of fused-ring (bicyclic) bond motifs is 1. The standard InChI is InChI=1S/C24H25N5O5/c1-26-22(32)27-19-8-7-18-17(21(19)31)9-10-24(18)15-29(23(33)34-24)14-20(30)28(12-11-25)13-16-5-3-2-4-6-16/h2-8,19H,9-10,12-15H2,1H3,(H2,26,27,32)/t19?,24-/m0/s1. The molecule has 0 bridgehead atoms. The van der Waals surface area contributed by atoms with E-state index >= 15 is 0 Å². The van der Waals surface area contributed by atoms with Crippen LogP contribution in [0, 0.1) is 11.3 Å². The number of ether oxygens (including phenoxy) is 1. The lowest BCUT2D eigenvalue weighted by Gasteiger charge is -2.26. The summed E-state index contributed by atoms with van der Waals surface area (Å²) in [4.78, 5) is 52.8. The molecule has 10 heteroatoms. The van der Waals surface area contributed by atoms with Crippen molar-refractivity contribution in [3.8, 4) is 6.07 Å². The average Bonchev–Trinajstić information content (AvgIpc) is 3.35. The first-order chi connectivity index (χ1) is 16.4. The predicted octanol–water partition coefficient (Wildman–Crippen LogP) is 1.26. The number of Topliss-reactive ketones (excluding diaryl/α,β-unsaturated/α-hetero) is 1. The number of amides is 4. The first-order valence-corrected chi connectivity index (χ1v) is 11.0. The van der Waals surface area contributed by atoms with Crippen LogP contribution < -0.4 is 10.6 Å². The summed E-state index contributed by atoms with van der Waals surface area (Å²) in [5, 5.41) is 14.2. The molecule has 1 saturated heterocycles. The van der Waals surface area contributed by atoms with E-state index in [9.17, 15) is 19.2 Å². The summed E-state index contributed by atoms with van der Waals surface area (Å²) in [5.41, 5.74) is 1.02. The highest BCUT2D eigenvalue weighted by atomic mass is 16.6. The van der Waals surface area contributed by atoms with Crippen LogP contribution in [0.4, 0.5) is 9.59 Å². The largest absolute Gasteiger partial charge is 0.436 e. The van der Waals surface area contributed by atoms with Crippen LogP contribution in [0.5, 0.6) is 0 Å². The van der Waals surface area contributed by atoms with E-state index in [1.165, 1.54) is 16.8 Å². The van der Waals surface area contributed by atoms with Gasteiger partial charge in [0.15, 0.2) is 11.4 Å². The smallest absolute Gasteiger partial charge is 0.411 e. The molecule has 1 fully saturated rings. The number of benzene rings is 1. The Balaban J connectivity index is 1.46. The molecular formula is C24H25N5O5. The number of nitriles is 1. The van der Waals surface area contributed by atoms with E-state index in [2.05, 4.69) is 10.6 Å². The molecule has 1 aromatic carbocycles. The Morgan fingerprint density at radius 3 is 2.76 bits per heavy atom. The van der Waals surface area contributed by atoms with Crippen molar-refractivity contribution in [2.24, 2.45) is 0 Å². The lowest BCUT2D eigenvalue weighted by molar-refractivity contribution is -0.131.